The second-order valence-corrected chi connectivity index (χ2v) is 6.32. The Balaban J connectivity index is 0.000000396. The van der Waals surface area contributed by atoms with E-state index in [0.29, 0.717) is 17.0 Å². The number of aliphatic hydroxyl groups is 1. The van der Waals surface area contributed by atoms with E-state index in [1.807, 2.05) is 18.2 Å². The van der Waals surface area contributed by atoms with Crippen molar-refractivity contribution in [2.45, 2.75) is 4.90 Å². The van der Waals surface area contributed by atoms with E-state index in [4.69, 9.17) is 10.8 Å². The Kier molecular flexibility index (Phi) is 5.32. The van der Waals surface area contributed by atoms with E-state index in [-0.39, 0.29) is 6.61 Å². The van der Waals surface area contributed by atoms with Crippen molar-refractivity contribution >= 4 is 20.9 Å². The molecule has 0 spiro atoms. The quantitative estimate of drug-likeness (QED) is 0.771. The normalized spacial score (nSPS) is 11.0. The summed E-state index contributed by atoms with van der Waals surface area (Å²) < 4.78 is 26.3. The van der Waals surface area contributed by atoms with Crippen LogP contribution in [-0.4, -0.2) is 30.6 Å². The number of fused-ring (bicyclic) bond motifs is 1. The molecule has 0 aliphatic heterocycles. The van der Waals surface area contributed by atoms with E-state index in [1.54, 1.807) is 48.7 Å². The summed E-state index contributed by atoms with van der Waals surface area (Å²) in [7, 11) is -3.51. The highest BCUT2D eigenvalue weighted by Crippen LogP contribution is 2.21. The molecular weight excluding hydrogens is 300 g/mol. The third kappa shape index (κ3) is 3.36. The van der Waals surface area contributed by atoms with Gasteiger partial charge >= 0.3 is 0 Å². The second-order valence-electron chi connectivity index (χ2n) is 4.50. The van der Waals surface area contributed by atoms with Crippen LogP contribution in [0.1, 0.15) is 0 Å². The van der Waals surface area contributed by atoms with Gasteiger partial charge in [0.1, 0.15) is 0 Å². The van der Waals surface area contributed by atoms with Crippen LogP contribution >= 0.6 is 0 Å². The number of aliphatic hydroxyl groups excluding tert-OH is 1. The molecule has 22 heavy (non-hydrogen) atoms. The molecule has 0 aliphatic rings. The molecule has 0 saturated carbocycles. The standard InChI is InChI=1S/C14H11NO2S.C2H7NO/c16-18(17,13-7-2-1-3-8-13)15-11-10-12-6-4-5-9-14(12)15;3-1-2-4/h1-11H;4H,1-3H2. The predicted molar refractivity (Wildman–Crippen MR) is 87.1 cm³/mol. The van der Waals surface area contributed by atoms with Crippen LogP contribution in [0.5, 0.6) is 0 Å². The number of benzene rings is 2. The van der Waals surface area contributed by atoms with Crippen molar-refractivity contribution < 1.29 is 13.5 Å². The lowest BCUT2D eigenvalue weighted by atomic mass is 10.3. The highest BCUT2D eigenvalue weighted by molar-refractivity contribution is 7.90. The summed E-state index contributed by atoms with van der Waals surface area (Å²) in [5.74, 6) is 0. The SMILES string of the molecule is NCCO.O=S(=O)(c1ccccc1)n1ccc2ccccc21. The van der Waals surface area contributed by atoms with Gasteiger partial charge in [-0.2, -0.15) is 0 Å². The van der Waals surface area contributed by atoms with Crippen molar-refractivity contribution in [3.05, 3.63) is 66.9 Å². The first-order chi connectivity index (χ1) is 10.6. The molecule has 0 unspecified atom stereocenters. The van der Waals surface area contributed by atoms with Gasteiger partial charge in [-0.05, 0) is 24.3 Å². The maximum absolute atomic E-state index is 12.5. The van der Waals surface area contributed by atoms with E-state index in [1.165, 1.54) is 3.97 Å². The molecule has 5 nitrogen and oxygen atoms in total. The van der Waals surface area contributed by atoms with Crippen molar-refractivity contribution in [2.75, 3.05) is 13.2 Å². The van der Waals surface area contributed by atoms with Crippen LogP contribution in [0.25, 0.3) is 10.9 Å². The molecule has 3 aromatic rings. The summed E-state index contributed by atoms with van der Waals surface area (Å²) in [5.41, 5.74) is 5.47. The van der Waals surface area contributed by atoms with E-state index < -0.39 is 10.0 Å². The van der Waals surface area contributed by atoms with Crippen LogP contribution < -0.4 is 5.73 Å². The number of rotatable bonds is 3. The lowest BCUT2D eigenvalue weighted by molar-refractivity contribution is 0.306. The summed E-state index contributed by atoms with van der Waals surface area (Å²) >= 11 is 0. The molecule has 2 aromatic carbocycles. The summed E-state index contributed by atoms with van der Waals surface area (Å²) in [6, 6.07) is 17.7. The zero-order chi connectivity index (χ0) is 16.0. The first-order valence-electron chi connectivity index (χ1n) is 6.79. The molecule has 0 fully saturated rings. The Labute approximate surface area is 129 Å². The zero-order valence-electron chi connectivity index (χ0n) is 12.0. The Morgan fingerprint density at radius 2 is 1.55 bits per heavy atom. The molecule has 0 bridgehead atoms. The maximum atomic E-state index is 12.5. The smallest absolute Gasteiger partial charge is 0.268 e. The van der Waals surface area contributed by atoms with Gasteiger partial charge in [-0.15, -0.1) is 0 Å². The second kappa shape index (κ2) is 7.22. The first kappa shape index (κ1) is 16.2. The molecule has 3 rings (SSSR count). The van der Waals surface area contributed by atoms with Crippen LogP contribution in [0.4, 0.5) is 0 Å². The summed E-state index contributed by atoms with van der Waals surface area (Å²) in [6.07, 6.45) is 1.59. The molecule has 0 aliphatic carbocycles. The highest BCUT2D eigenvalue weighted by atomic mass is 32.2. The van der Waals surface area contributed by atoms with Gasteiger partial charge in [0.25, 0.3) is 10.0 Å². The Morgan fingerprint density at radius 3 is 2.18 bits per heavy atom. The molecule has 3 N–H and O–H groups in total. The molecule has 1 aromatic heterocycles. The molecule has 0 atom stereocenters. The number of para-hydroxylation sites is 1. The minimum atomic E-state index is -3.51. The minimum Gasteiger partial charge on any atom is -0.395 e. The first-order valence-corrected chi connectivity index (χ1v) is 8.23. The highest BCUT2D eigenvalue weighted by Gasteiger charge is 2.17. The Hall–Kier alpha value is -2.15. The van der Waals surface area contributed by atoms with E-state index in [2.05, 4.69) is 0 Å². The molecule has 116 valence electrons. The fourth-order valence-corrected chi connectivity index (χ4v) is 3.35. The average Bonchev–Trinajstić information content (AvgIpc) is 3.01. The number of nitrogens with zero attached hydrogens (tertiary/aromatic N) is 1. The zero-order valence-corrected chi connectivity index (χ0v) is 12.8. The minimum absolute atomic E-state index is 0.0972. The summed E-state index contributed by atoms with van der Waals surface area (Å²) in [4.78, 5) is 0.298. The van der Waals surface area contributed by atoms with Gasteiger partial charge < -0.3 is 10.8 Å². The van der Waals surface area contributed by atoms with E-state index in [0.717, 1.165) is 5.39 Å². The Morgan fingerprint density at radius 1 is 0.955 bits per heavy atom. The molecule has 0 radical (unpaired) electrons. The third-order valence-electron chi connectivity index (χ3n) is 2.99. The van der Waals surface area contributed by atoms with Gasteiger partial charge in [0, 0.05) is 18.1 Å². The number of hydrogen-bond acceptors (Lipinski definition) is 4. The van der Waals surface area contributed by atoms with Crippen molar-refractivity contribution in [3.8, 4) is 0 Å². The molecule has 6 heteroatoms. The van der Waals surface area contributed by atoms with Gasteiger partial charge in [-0.1, -0.05) is 36.4 Å². The monoisotopic (exact) mass is 318 g/mol. The van der Waals surface area contributed by atoms with Crippen LogP contribution in [0, 0.1) is 0 Å². The fourth-order valence-electron chi connectivity index (χ4n) is 1.97. The van der Waals surface area contributed by atoms with Crippen LogP contribution in [0.15, 0.2) is 71.8 Å². The van der Waals surface area contributed by atoms with E-state index >= 15 is 0 Å². The van der Waals surface area contributed by atoms with E-state index in [9.17, 15) is 8.42 Å². The lowest BCUT2D eigenvalue weighted by Gasteiger charge is -2.07. The predicted octanol–water partition coefficient (Wildman–Crippen LogP) is 1.82. The van der Waals surface area contributed by atoms with Crippen molar-refractivity contribution in [3.63, 3.8) is 0 Å². The molecule has 0 amide bonds. The summed E-state index contributed by atoms with van der Waals surface area (Å²) in [6.45, 7) is 0.472. The van der Waals surface area contributed by atoms with Gasteiger partial charge in [-0.25, -0.2) is 12.4 Å². The number of nitrogens with two attached hydrogens (primary N) is 1. The Bertz CT molecular complexity index is 825. The van der Waals surface area contributed by atoms with Gasteiger partial charge in [0.2, 0.25) is 0 Å². The number of hydrogen-bond donors (Lipinski definition) is 2. The molecule has 1 heterocycles. The largest absolute Gasteiger partial charge is 0.395 e. The molecule has 0 saturated heterocycles. The topological polar surface area (TPSA) is 85.3 Å². The van der Waals surface area contributed by atoms with Gasteiger partial charge in [0.05, 0.1) is 17.0 Å². The molecular formula is C16H18N2O3S. The number of aromatic nitrogens is 1. The fraction of sp³-hybridized carbons (Fsp3) is 0.125. The average molecular weight is 318 g/mol. The van der Waals surface area contributed by atoms with Gasteiger partial charge in [-0.3, -0.25) is 0 Å². The third-order valence-corrected chi connectivity index (χ3v) is 4.70. The van der Waals surface area contributed by atoms with Crippen LogP contribution in [0.3, 0.4) is 0 Å². The van der Waals surface area contributed by atoms with Crippen LogP contribution in [-0.2, 0) is 10.0 Å². The summed E-state index contributed by atoms with van der Waals surface area (Å²) in [5, 5.41) is 8.66. The van der Waals surface area contributed by atoms with Crippen LogP contribution in [0.2, 0.25) is 0 Å². The lowest BCUT2D eigenvalue weighted by Crippen LogP contribution is -2.11. The van der Waals surface area contributed by atoms with Crippen molar-refractivity contribution in [1.82, 2.24) is 3.97 Å². The van der Waals surface area contributed by atoms with Crippen molar-refractivity contribution in [1.29, 1.82) is 0 Å². The maximum Gasteiger partial charge on any atom is 0.268 e. The van der Waals surface area contributed by atoms with Gasteiger partial charge in [0.15, 0.2) is 0 Å². The van der Waals surface area contributed by atoms with Crippen molar-refractivity contribution in [2.24, 2.45) is 5.73 Å².